The lowest BCUT2D eigenvalue weighted by molar-refractivity contribution is 0.104. The Morgan fingerprint density at radius 3 is 2.47 bits per heavy atom. The van der Waals surface area contributed by atoms with Crippen molar-refractivity contribution >= 4 is 17.8 Å². The second-order valence-electron chi connectivity index (χ2n) is 3.80. The Balaban J connectivity index is 2.20. The molecule has 0 heterocycles. The fourth-order valence-corrected chi connectivity index (χ4v) is 1.85. The molecule has 0 atom stereocenters. The summed E-state index contributed by atoms with van der Waals surface area (Å²) in [6.07, 6.45) is -0.753. The molecule has 0 aromatic heterocycles. The molecular formula is C15H13ClO3. The van der Waals surface area contributed by atoms with E-state index < -0.39 is 6.16 Å². The molecule has 0 N–H and O–H groups in total. The summed E-state index contributed by atoms with van der Waals surface area (Å²) in [5.74, 6) is 0.291. The fraction of sp³-hybridized carbons (Fsp3) is 0.133. The van der Waals surface area contributed by atoms with Gasteiger partial charge in [0.25, 0.3) is 0 Å². The van der Waals surface area contributed by atoms with Crippen molar-refractivity contribution in [2.75, 3.05) is 6.61 Å². The molecule has 0 fully saturated rings. The van der Waals surface area contributed by atoms with Crippen molar-refractivity contribution in [2.24, 2.45) is 0 Å². The Kier molecular flexibility index (Phi) is 4.42. The zero-order valence-electron chi connectivity index (χ0n) is 10.4. The number of rotatable bonds is 3. The van der Waals surface area contributed by atoms with Crippen molar-refractivity contribution < 1.29 is 14.3 Å². The van der Waals surface area contributed by atoms with Crippen molar-refractivity contribution in [1.82, 2.24) is 0 Å². The van der Waals surface area contributed by atoms with E-state index in [0.717, 1.165) is 11.1 Å². The van der Waals surface area contributed by atoms with Gasteiger partial charge < -0.3 is 9.47 Å². The summed E-state index contributed by atoms with van der Waals surface area (Å²) in [4.78, 5) is 11.2. The molecule has 0 aliphatic heterocycles. The number of hydrogen-bond acceptors (Lipinski definition) is 3. The van der Waals surface area contributed by atoms with Crippen LogP contribution in [0.3, 0.4) is 0 Å². The van der Waals surface area contributed by atoms with Crippen LogP contribution in [0, 0.1) is 0 Å². The van der Waals surface area contributed by atoms with Crippen molar-refractivity contribution in [3.05, 3.63) is 53.6 Å². The summed E-state index contributed by atoms with van der Waals surface area (Å²) < 4.78 is 9.68. The van der Waals surface area contributed by atoms with Crippen LogP contribution in [0.25, 0.3) is 11.1 Å². The largest absolute Gasteiger partial charge is 0.513 e. The van der Waals surface area contributed by atoms with Crippen LogP contribution in [0.5, 0.6) is 5.75 Å². The standard InChI is InChI=1S/C15H13ClO3/c1-2-18-15(17)19-14-9-8-12(10-13(14)16)11-6-4-3-5-7-11/h3-10H,2H2,1H3. The van der Waals surface area contributed by atoms with Gasteiger partial charge in [-0.25, -0.2) is 4.79 Å². The van der Waals surface area contributed by atoms with Gasteiger partial charge in [0.15, 0.2) is 5.75 Å². The maximum atomic E-state index is 11.2. The number of carbonyl (C=O) groups is 1. The van der Waals surface area contributed by atoms with Gasteiger partial charge in [-0.1, -0.05) is 48.0 Å². The molecule has 0 amide bonds. The Labute approximate surface area is 116 Å². The number of carbonyl (C=O) groups excluding carboxylic acids is 1. The van der Waals surface area contributed by atoms with Crippen LogP contribution in [0.4, 0.5) is 4.79 Å². The minimum Gasteiger partial charge on any atom is -0.434 e. The molecule has 0 aliphatic carbocycles. The van der Waals surface area contributed by atoms with Gasteiger partial charge in [-0.2, -0.15) is 0 Å². The number of ether oxygens (including phenoxy) is 2. The Morgan fingerprint density at radius 2 is 1.84 bits per heavy atom. The molecule has 0 saturated heterocycles. The van der Waals surface area contributed by atoms with Crippen LogP contribution in [0.1, 0.15) is 6.92 Å². The molecule has 0 saturated carbocycles. The number of benzene rings is 2. The maximum absolute atomic E-state index is 11.2. The molecule has 2 rings (SSSR count). The van der Waals surface area contributed by atoms with Crippen LogP contribution < -0.4 is 4.74 Å². The molecule has 2 aromatic rings. The minimum atomic E-state index is -0.753. The van der Waals surface area contributed by atoms with E-state index in [2.05, 4.69) is 0 Å². The first-order valence-corrected chi connectivity index (χ1v) is 6.28. The molecule has 98 valence electrons. The highest BCUT2D eigenvalue weighted by Gasteiger charge is 2.10. The van der Waals surface area contributed by atoms with E-state index in [-0.39, 0.29) is 6.61 Å². The van der Waals surface area contributed by atoms with Crippen LogP contribution in [-0.2, 0) is 4.74 Å². The molecule has 2 aromatic carbocycles. The zero-order chi connectivity index (χ0) is 13.7. The highest BCUT2D eigenvalue weighted by Crippen LogP contribution is 2.30. The van der Waals surface area contributed by atoms with Crippen molar-refractivity contribution in [3.63, 3.8) is 0 Å². The average molecular weight is 277 g/mol. The molecule has 0 radical (unpaired) electrons. The minimum absolute atomic E-state index is 0.262. The van der Waals surface area contributed by atoms with Crippen molar-refractivity contribution in [2.45, 2.75) is 6.92 Å². The van der Waals surface area contributed by atoms with Crippen LogP contribution in [0.2, 0.25) is 5.02 Å². The summed E-state index contributed by atoms with van der Waals surface area (Å²) in [5.41, 5.74) is 2.01. The molecule has 19 heavy (non-hydrogen) atoms. The fourth-order valence-electron chi connectivity index (χ4n) is 1.63. The third kappa shape index (κ3) is 3.48. The van der Waals surface area contributed by atoms with Gasteiger partial charge in [0.2, 0.25) is 0 Å². The van der Waals surface area contributed by atoms with E-state index in [1.807, 2.05) is 36.4 Å². The Hall–Kier alpha value is -2.00. The van der Waals surface area contributed by atoms with Crippen molar-refractivity contribution in [3.8, 4) is 16.9 Å². The lowest BCUT2D eigenvalue weighted by atomic mass is 10.1. The molecule has 0 spiro atoms. The number of halogens is 1. The van der Waals surface area contributed by atoms with E-state index >= 15 is 0 Å². The monoisotopic (exact) mass is 276 g/mol. The van der Waals surface area contributed by atoms with E-state index in [1.54, 1.807) is 19.1 Å². The quantitative estimate of drug-likeness (QED) is 0.610. The average Bonchev–Trinajstić information content (AvgIpc) is 2.42. The number of hydrogen-bond donors (Lipinski definition) is 0. The van der Waals surface area contributed by atoms with Gasteiger partial charge in [-0.3, -0.25) is 0 Å². The second kappa shape index (κ2) is 6.25. The van der Waals surface area contributed by atoms with E-state index in [9.17, 15) is 4.79 Å². The third-order valence-electron chi connectivity index (χ3n) is 2.49. The molecule has 4 heteroatoms. The lowest BCUT2D eigenvalue weighted by Gasteiger charge is -2.08. The van der Waals surface area contributed by atoms with Gasteiger partial charge >= 0.3 is 6.16 Å². The summed E-state index contributed by atoms with van der Waals surface area (Å²) in [6, 6.07) is 15.1. The summed E-state index contributed by atoms with van der Waals surface area (Å²) >= 11 is 6.09. The Bertz CT molecular complexity index is 567. The first kappa shape index (κ1) is 13.4. The summed E-state index contributed by atoms with van der Waals surface area (Å²) in [5, 5.41) is 0.370. The molecule has 0 unspecified atom stereocenters. The van der Waals surface area contributed by atoms with Gasteiger partial charge in [0.1, 0.15) is 0 Å². The second-order valence-corrected chi connectivity index (χ2v) is 4.20. The normalized spacial score (nSPS) is 10.0. The molecule has 0 bridgehead atoms. The maximum Gasteiger partial charge on any atom is 0.513 e. The van der Waals surface area contributed by atoms with Crippen molar-refractivity contribution in [1.29, 1.82) is 0 Å². The van der Waals surface area contributed by atoms with Gasteiger partial charge in [-0.15, -0.1) is 0 Å². The molecule has 3 nitrogen and oxygen atoms in total. The van der Waals surface area contributed by atoms with Gasteiger partial charge in [0.05, 0.1) is 11.6 Å². The van der Waals surface area contributed by atoms with Crippen LogP contribution in [0.15, 0.2) is 48.5 Å². The summed E-state index contributed by atoms with van der Waals surface area (Å²) in [6.45, 7) is 1.97. The first-order valence-electron chi connectivity index (χ1n) is 5.90. The highest BCUT2D eigenvalue weighted by molar-refractivity contribution is 6.32. The predicted molar refractivity (Wildman–Crippen MR) is 74.5 cm³/mol. The highest BCUT2D eigenvalue weighted by atomic mass is 35.5. The third-order valence-corrected chi connectivity index (χ3v) is 2.79. The van der Waals surface area contributed by atoms with Crippen LogP contribution >= 0.6 is 11.6 Å². The first-order chi connectivity index (χ1) is 9.20. The molecular weight excluding hydrogens is 264 g/mol. The van der Waals surface area contributed by atoms with Crippen LogP contribution in [-0.4, -0.2) is 12.8 Å². The smallest absolute Gasteiger partial charge is 0.434 e. The molecule has 0 aliphatic rings. The Morgan fingerprint density at radius 1 is 1.11 bits per heavy atom. The summed E-state index contributed by atoms with van der Waals surface area (Å²) in [7, 11) is 0. The van der Waals surface area contributed by atoms with Gasteiger partial charge in [0, 0.05) is 0 Å². The SMILES string of the molecule is CCOC(=O)Oc1ccc(-c2ccccc2)cc1Cl. The lowest BCUT2D eigenvalue weighted by Crippen LogP contribution is -2.10. The van der Waals surface area contributed by atoms with E-state index in [4.69, 9.17) is 21.1 Å². The topological polar surface area (TPSA) is 35.5 Å². The van der Waals surface area contributed by atoms with E-state index in [1.165, 1.54) is 0 Å². The predicted octanol–water partition coefficient (Wildman–Crippen LogP) is 4.54. The zero-order valence-corrected chi connectivity index (χ0v) is 11.2. The van der Waals surface area contributed by atoms with Gasteiger partial charge in [-0.05, 0) is 30.2 Å². The van der Waals surface area contributed by atoms with E-state index in [0.29, 0.717) is 10.8 Å².